The molecular weight excluding hydrogens is 246 g/mol. The van der Waals surface area contributed by atoms with Gasteiger partial charge in [-0.3, -0.25) is 9.59 Å². The third kappa shape index (κ3) is 1.77. The van der Waals surface area contributed by atoms with Crippen molar-refractivity contribution in [2.45, 2.75) is 19.3 Å². The van der Waals surface area contributed by atoms with Crippen LogP contribution < -0.4 is 9.64 Å². The van der Waals surface area contributed by atoms with Crippen LogP contribution in [0.3, 0.4) is 0 Å². The Morgan fingerprint density at radius 2 is 2.11 bits per heavy atom. The molecule has 0 saturated heterocycles. The summed E-state index contributed by atoms with van der Waals surface area (Å²) in [7, 11) is 1.63. The molecule has 1 N–H and O–H groups in total. The molecule has 1 aromatic rings. The van der Waals surface area contributed by atoms with E-state index in [-0.39, 0.29) is 5.91 Å². The minimum atomic E-state index is -1.19. The average Bonchev–Trinajstić information content (AvgIpc) is 3.09. The van der Waals surface area contributed by atoms with Gasteiger partial charge in [-0.1, -0.05) is 0 Å². The molecular formula is C14H15NO4. The number of amides is 1. The second-order valence-corrected chi connectivity index (χ2v) is 5.14. The minimum absolute atomic E-state index is 0.334. The highest BCUT2D eigenvalue weighted by Gasteiger charge is 2.58. The van der Waals surface area contributed by atoms with E-state index in [4.69, 9.17) is 9.84 Å². The number of anilines is 1. The molecule has 100 valence electrons. The Morgan fingerprint density at radius 3 is 2.74 bits per heavy atom. The maximum absolute atomic E-state index is 12.3. The lowest BCUT2D eigenvalue weighted by Crippen LogP contribution is -2.38. The number of carboxylic acid groups (broad SMARTS) is 1. The van der Waals surface area contributed by atoms with Crippen LogP contribution in [-0.2, 0) is 16.0 Å². The van der Waals surface area contributed by atoms with Crippen LogP contribution in [-0.4, -0.2) is 30.6 Å². The molecule has 1 aromatic carbocycles. The Hall–Kier alpha value is -2.04. The van der Waals surface area contributed by atoms with Crippen LogP contribution in [0.5, 0.6) is 5.75 Å². The zero-order chi connectivity index (χ0) is 13.6. The van der Waals surface area contributed by atoms with E-state index in [0.717, 1.165) is 23.4 Å². The molecule has 19 heavy (non-hydrogen) atoms. The van der Waals surface area contributed by atoms with E-state index >= 15 is 0 Å². The third-order valence-corrected chi connectivity index (χ3v) is 3.93. The summed E-state index contributed by atoms with van der Waals surface area (Å²) in [5.41, 5.74) is 0.601. The number of carbonyl (C=O) groups is 2. The van der Waals surface area contributed by atoms with E-state index in [9.17, 15) is 9.59 Å². The van der Waals surface area contributed by atoms with Crippen molar-refractivity contribution in [3.8, 4) is 5.75 Å². The normalized spacial score (nSPS) is 18.4. The summed E-state index contributed by atoms with van der Waals surface area (Å²) in [6.07, 6.45) is 1.69. The fourth-order valence-corrected chi connectivity index (χ4v) is 2.46. The molecule has 0 aromatic heterocycles. The number of carboxylic acids is 1. The molecule has 0 bridgehead atoms. The fraction of sp³-hybridized carbons (Fsp3) is 0.429. The van der Waals surface area contributed by atoms with Crippen molar-refractivity contribution < 1.29 is 19.4 Å². The maximum atomic E-state index is 12.3. The van der Waals surface area contributed by atoms with Gasteiger partial charge in [0, 0.05) is 19.2 Å². The first-order chi connectivity index (χ1) is 9.04. The largest absolute Gasteiger partial charge is 0.493 e. The second-order valence-electron chi connectivity index (χ2n) is 5.14. The highest BCUT2D eigenvalue weighted by atomic mass is 16.5. The van der Waals surface area contributed by atoms with Crippen molar-refractivity contribution in [1.29, 1.82) is 0 Å². The molecule has 1 heterocycles. The highest BCUT2D eigenvalue weighted by molar-refractivity contribution is 6.11. The lowest BCUT2D eigenvalue weighted by atomic mass is 10.1. The number of nitrogens with zero attached hydrogens (tertiary/aromatic N) is 1. The van der Waals surface area contributed by atoms with Gasteiger partial charge in [-0.25, -0.2) is 0 Å². The van der Waals surface area contributed by atoms with Gasteiger partial charge < -0.3 is 14.7 Å². The van der Waals surface area contributed by atoms with Crippen molar-refractivity contribution in [2.75, 3.05) is 18.6 Å². The fourth-order valence-electron chi connectivity index (χ4n) is 2.46. The van der Waals surface area contributed by atoms with Crippen molar-refractivity contribution >= 4 is 17.6 Å². The van der Waals surface area contributed by atoms with Gasteiger partial charge in [0.1, 0.15) is 11.2 Å². The zero-order valence-electron chi connectivity index (χ0n) is 10.7. The average molecular weight is 261 g/mol. The van der Waals surface area contributed by atoms with Gasteiger partial charge in [0.25, 0.3) is 0 Å². The Kier molecular flexibility index (Phi) is 2.52. The van der Waals surface area contributed by atoms with Gasteiger partial charge in [-0.05, 0) is 36.6 Å². The Labute approximate surface area is 110 Å². The van der Waals surface area contributed by atoms with Crippen molar-refractivity contribution in [2.24, 2.45) is 5.41 Å². The number of carbonyl (C=O) groups excluding carboxylic acids is 1. The van der Waals surface area contributed by atoms with Gasteiger partial charge in [-0.15, -0.1) is 0 Å². The van der Waals surface area contributed by atoms with Gasteiger partial charge in [-0.2, -0.15) is 0 Å². The van der Waals surface area contributed by atoms with Gasteiger partial charge in [0.2, 0.25) is 5.91 Å². The monoisotopic (exact) mass is 261 g/mol. The minimum Gasteiger partial charge on any atom is -0.493 e. The Balaban J connectivity index is 1.86. The molecule has 5 nitrogen and oxygen atoms in total. The lowest BCUT2D eigenvalue weighted by Gasteiger charge is -2.21. The first-order valence-electron chi connectivity index (χ1n) is 6.32. The summed E-state index contributed by atoms with van der Waals surface area (Å²) < 4.78 is 5.41. The number of fused-ring (bicyclic) bond motifs is 1. The van der Waals surface area contributed by atoms with Crippen LogP contribution in [0.4, 0.5) is 5.69 Å². The number of hydrogen-bond donors (Lipinski definition) is 1. The molecule has 1 amide bonds. The van der Waals surface area contributed by atoms with Crippen molar-refractivity contribution in [1.82, 2.24) is 0 Å². The highest BCUT2D eigenvalue weighted by Crippen LogP contribution is 2.48. The Bertz CT molecular complexity index is 563. The molecule has 0 spiro atoms. The summed E-state index contributed by atoms with van der Waals surface area (Å²) in [4.78, 5) is 24.9. The maximum Gasteiger partial charge on any atom is 0.319 e. The molecule has 1 fully saturated rings. The molecule has 1 aliphatic heterocycles. The second kappa shape index (κ2) is 3.98. The molecule has 3 rings (SSSR count). The summed E-state index contributed by atoms with van der Waals surface area (Å²) >= 11 is 0. The summed E-state index contributed by atoms with van der Waals surface area (Å²) in [5, 5.41) is 9.16. The first-order valence-corrected chi connectivity index (χ1v) is 6.32. The summed E-state index contributed by atoms with van der Waals surface area (Å²) in [6.45, 7) is 0.662. The predicted octanol–water partition coefficient (Wildman–Crippen LogP) is 1.45. The zero-order valence-corrected chi connectivity index (χ0v) is 10.7. The Morgan fingerprint density at radius 1 is 1.37 bits per heavy atom. The summed E-state index contributed by atoms with van der Waals surface area (Å²) in [6, 6.07) is 5.53. The van der Waals surface area contributed by atoms with E-state index in [1.165, 1.54) is 4.90 Å². The molecule has 2 aliphatic rings. The van der Waals surface area contributed by atoms with Crippen LogP contribution in [0.2, 0.25) is 0 Å². The van der Waals surface area contributed by atoms with Crippen LogP contribution >= 0.6 is 0 Å². The smallest absolute Gasteiger partial charge is 0.319 e. The lowest BCUT2D eigenvalue weighted by molar-refractivity contribution is -0.148. The molecule has 0 unspecified atom stereocenters. The molecule has 0 atom stereocenters. The number of aliphatic carboxylic acids is 1. The van der Waals surface area contributed by atoms with E-state index in [0.29, 0.717) is 19.4 Å². The van der Waals surface area contributed by atoms with Crippen LogP contribution in [0.25, 0.3) is 0 Å². The standard InChI is InChI=1S/C14H15NO4/c1-15(12(16)14(5-6-14)13(17)18)10-2-3-11-9(8-10)4-7-19-11/h2-3,8H,4-7H2,1H3,(H,17,18). The number of benzene rings is 1. The van der Waals surface area contributed by atoms with Gasteiger partial charge >= 0.3 is 5.97 Å². The van der Waals surface area contributed by atoms with Crippen LogP contribution in [0, 0.1) is 5.41 Å². The SMILES string of the molecule is CN(C(=O)C1(C(=O)O)CC1)c1ccc2c(c1)CCO2. The molecule has 0 radical (unpaired) electrons. The van der Waals surface area contributed by atoms with Crippen LogP contribution in [0.15, 0.2) is 18.2 Å². The number of hydrogen-bond acceptors (Lipinski definition) is 3. The predicted molar refractivity (Wildman–Crippen MR) is 68.4 cm³/mol. The van der Waals surface area contributed by atoms with E-state index in [1.54, 1.807) is 13.1 Å². The molecule has 1 saturated carbocycles. The number of ether oxygens (including phenoxy) is 1. The quantitative estimate of drug-likeness (QED) is 0.836. The molecule has 1 aliphatic carbocycles. The topological polar surface area (TPSA) is 66.8 Å². The van der Waals surface area contributed by atoms with E-state index in [1.807, 2.05) is 12.1 Å². The van der Waals surface area contributed by atoms with Crippen molar-refractivity contribution in [3.05, 3.63) is 23.8 Å². The van der Waals surface area contributed by atoms with E-state index in [2.05, 4.69) is 0 Å². The third-order valence-electron chi connectivity index (χ3n) is 3.93. The first kappa shape index (κ1) is 12.0. The summed E-state index contributed by atoms with van der Waals surface area (Å²) in [5.74, 6) is -0.503. The molecule has 5 heteroatoms. The van der Waals surface area contributed by atoms with E-state index < -0.39 is 11.4 Å². The van der Waals surface area contributed by atoms with Crippen molar-refractivity contribution in [3.63, 3.8) is 0 Å². The van der Waals surface area contributed by atoms with Gasteiger partial charge in [0.15, 0.2) is 0 Å². The van der Waals surface area contributed by atoms with Crippen LogP contribution in [0.1, 0.15) is 18.4 Å². The number of rotatable bonds is 3. The van der Waals surface area contributed by atoms with Gasteiger partial charge in [0.05, 0.1) is 6.61 Å².